The summed E-state index contributed by atoms with van der Waals surface area (Å²) in [6.07, 6.45) is 0.988. The van der Waals surface area contributed by atoms with Crippen molar-refractivity contribution in [3.8, 4) is 0 Å². The van der Waals surface area contributed by atoms with Crippen LogP contribution in [0.4, 0.5) is 0 Å². The molecular formula is C4H9O3P. The Morgan fingerprint density at radius 2 is 2.00 bits per heavy atom. The molecule has 0 aromatic carbocycles. The average Bonchev–Trinajstić information content (AvgIpc) is 1.90. The van der Waals surface area contributed by atoms with Crippen molar-refractivity contribution in [2.45, 2.75) is 6.42 Å². The topological polar surface area (TPSA) is 27.7 Å². The zero-order chi connectivity index (χ0) is 5.82. The largest absolute Gasteiger partial charge is 0.332 e. The predicted octanol–water partition coefficient (Wildman–Crippen LogP) is 1.30. The molecule has 0 N–H and O–H groups in total. The third-order valence-corrected chi connectivity index (χ3v) is 1.92. The Bertz CT molecular complexity index is 62.3. The molecule has 1 aliphatic heterocycles. The van der Waals surface area contributed by atoms with E-state index in [1.54, 1.807) is 7.11 Å². The predicted molar refractivity (Wildman–Crippen MR) is 30.4 cm³/mol. The number of rotatable bonds is 1. The van der Waals surface area contributed by atoms with Gasteiger partial charge in [0.05, 0.1) is 13.2 Å². The van der Waals surface area contributed by atoms with Crippen LogP contribution < -0.4 is 0 Å². The van der Waals surface area contributed by atoms with Gasteiger partial charge in [0.1, 0.15) is 0 Å². The second kappa shape index (κ2) is 3.36. The van der Waals surface area contributed by atoms with Crippen molar-refractivity contribution in [1.82, 2.24) is 0 Å². The SMILES string of the molecule is COP1OCCCO1. The Morgan fingerprint density at radius 3 is 2.38 bits per heavy atom. The van der Waals surface area contributed by atoms with Crippen LogP contribution in [0, 0.1) is 0 Å². The fraction of sp³-hybridized carbons (Fsp3) is 1.00. The van der Waals surface area contributed by atoms with E-state index >= 15 is 0 Å². The fourth-order valence-electron chi connectivity index (χ4n) is 0.480. The molecule has 0 saturated carbocycles. The second-order valence-electron chi connectivity index (χ2n) is 1.43. The Balaban J connectivity index is 2.13. The Kier molecular flexibility index (Phi) is 2.70. The molecule has 1 rings (SSSR count). The van der Waals surface area contributed by atoms with Gasteiger partial charge in [0, 0.05) is 7.11 Å². The molecule has 0 aliphatic carbocycles. The van der Waals surface area contributed by atoms with E-state index in [1.807, 2.05) is 0 Å². The average molecular weight is 136 g/mol. The van der Waals surface area contributed by atoms with E-state index in [4.69, 9.17) is 13.6 Å². The van der Waals surface area contributed by atoms with Crippen molar-refractivity contribution in [2.75, 3.05) is 20.3 Å². The van der Waals surface area contributed by atoms with Crippen molar-refractivity contribution in [3.63, 3.8) is 0 Å². The van der Waals surface area contributed by atoms with Crippen LogP contribution >= 0.6 is 8.60 Å². The summed E-state index contributed by atoms with van der Waals surface area (Å²) >= 11 is 0. The minimum absolute atomic E-state index is 0.777. The van der Waals surface area contributed by atoms with Crippen LogP contribution in [0.2, 0.25) is 0 Å². The summed E-state index contributed by atoms with van der Waals surface area (Å²) in [6.45, 7) is 1.55. The molecule has 3 nitrogen and oxygen atoms in total. The molecule has 1 aliphatic rings. The van der Waals surface area contributed by atoms with Crippen molar-refractivity contribution >= 4 is 8.60 Å². The maximum atomic E-state index is 5.05. The van der Waals surface area contributed by atoms with Crippen molar-refractivity contribution in [2.24, 2.45) is 0 Å². The molecular weight excluding hydrogens is 127 g/mol. The van der Waals surface area contributed by atoms with E-state index in [0.29, 0.717) is 0 Å². The van der Waals surface area contributed by atoms with Gasteiger partial charge >= 0.3 is 8.60 Å². The van der Waals surface area contributed by atoms with E-state index in [1.165, 1.54) is 0 Å². The van der Waals surface area contributed by atoms with Gasteiger partial charge < -0.3 is 13.6 Å². The van der Waals surface area contributed by atoms with Gasteiger partial charge in [-0.1, -0.05) is 0 Å². The van der Waals surface area contributed by atoms with Crippen LogP contribution in [-0.2, 0) is 13.6 Å². The Hall–Kier alpha value is 0.310. The highest BCUT2D eigenvalue weighted by Crippen LogP contribution is 2.40. The molecule has 8 heavy (non-hydrogen) atoms. The second-order valence-corrected chi connectivity index (χ2v) is 2.75. The van der Waals surface area contributed by atoms with Gasteiger partial charge in [0.25, 0.3) is 0 Å². The molecule has 1 heterocycles. The maximum Gasteiger partial charge on any atom is 0.332 e. The minimum Gasteiger partial charge on any atom is -0.316 e. The molecule has 1 saturated heterocycles. The molecule has 0 atom stereocenters. The lowest BCUT2D eigenvalue weighted by molar-refractivity contribution is 0.129. The van der Waals surface area contributed by atoms with Gasteiger partial charge in [0.2, 0.25) is 0 Å². The summed E-state index contributed by atoms with van der Waals surface area (Å²) in [5.41, 5.74) is 0. The van der Waals surface area contributed by atoms with E-state index in [9.17, 15) is 0 Å². The number of hydrogen-bond donors (Lipinski definition) is 0. The summed E-state index contributed by atoms with van der Waals surface area (Å²) in [4.78, 5) is 0. The smallest absolute Gasteiger partial charge is 0.316 e. The van der Waals surface area contributed by atoms with Crippen LogP contribution in [0.25, 0.3) is 0 Å². The van der Waals surface area contributed by atoms with Crippen LogP contribution in [0.1, 0.15) is 6.42 Å². The monoisotopic (exact) mass is 136 g/mol. The van der Waals surface area contributed by atoms with E-state index in [0.717, 1.165) is 19.6 Å². The highest BCUT2D eigenvalue weighted by atomic mass is 31.2. The summed E-state index contributed by atoms with van der Waals surface area (Å²) in [5.74, 6) is 0. The van der Waals surface area contributed by atoms with Gasteiger partial charge in [-0.05, 0) is 6.42 Å². The number of hydrogen-bond acceptors (Lipinski definition) is 3. The van der Waals surface area contributed by atoms with Crippen molar-refractivity contribution in [1.29, 1.82) is 0 Å². The fourth-order valence-corrected chi connectivity index (χ4v) is 1.32. The molecule has 48 valence electrons. The lowest BCUT2D eigenvalue weighted by atomic mass is 10.5. The molecule has 0 bridgehead atoms. The first-order valence-electron chi connectivity index (χ1n) is 2.53. The van der Waals surface area contributed by atoms with Gasteiger partial charge in [0.15, 0.2) is 0 Å². The van der Waals surface area contributed by atoms with E-state index in [2.05, 4.69) is 0 Å². The van der Waals surface area contributed by atoms with E-state index < -0.39 is 8.60 Å². The van der Waals surface area contributed by atoms with Crippen molar-refractivity contribution in [3.05, 3.63) is 0 Å². The normalized spacial score (nSPS) is 23.6. The molecule has 0 amide bonds. The lowest BCUT2D eigenvalue weighted by Crippen LogP contribution is -2.05. The third-order valence-electron chi connectivity index (χ3n) is 0.831. The Morgan fingerprint density at radius 1 is 1.38 bits per heavy atom. The van der Waals surface area contributed by atoms with Gasteiger partial charge in [-0.25, -0.2) is 0 Å². The Labute approximate surface area is 49.9 Å². The molecule has 0 spiro atoms. The zero-order valence-electron chi connectivity index (χ0n) is 4.79. The summed E-state index contributed by atoms with van der Waals surface area (Å²) in [5, 5.41) is 0. The summed E-state index contributed by atoms with van der Waals surface area (Å²) < 4.78 is 14.9. The maximum absolute atomic E-state index is 5.05. The molecule has 0 aromatic heterocycles. The lowest BCUT2D eigenvalue weighted by Gasteiger charge is -2.18. The molecule has 0 unspecified atom stereocenters. The zero-order valence-corrected chi connectivity index (χ0v) is 5.69. The van der Waals surface area contributed by atoms with E-state index in [-0.39, 0.29) is 0 Å². The molecule has 1 fully saturated rings. The molecule has 4 heteroatoms. The van der Waals surface area contributed by atoms with Gasteiger partial charge in [-0.2, -0.15) is 0 Å². The highest BCUT2D eigenvalue weighted by Gasteiger charge is 2.13. The van der Waals surface area contributed by atoms with Crippen LogP contribution in [-0.4, -0.2) is 20.3 Å². The van der Waals surface area contributed by atoms with Crippen LogP contribution in [0.15, 0.2) is 0 Å². The van der Waals surface area contributed by atoms with Crippen molar-refractivity contribution < 1.29 is 13.6 Å². The quantitative estimate of drug-likeness (QED) is 0.508. The van der Waals surface area contributed by atoms with Crippen LogP contribution in [0.3, 0.4) is 0 Å². The summed E-state index contributed by atoms with van der Waals surface area (Å²) in [7, 11) is 0.625. The standard InChI is InChI=1S/C4H9O3P/c1-5-8-6-3-2-4-7-8/h2-4H2,1H3. The molecule has 0 aromatic rings. The highest BCUT2D eigenvalue weighted by molar-refractivity contribution is 7.41. The minimum atomic E-state index is -0.970. The summed E-state index contributed by atoms with van der Waals surface area (Å²) in [6, 6.07) is 0. The van der Waals surface area contributed by atoms with Crippen LogP contribution in [0.5, 0.6) is 0 Å². The molecule has 0 radical (unpaired) electrons. The van der Waals surface area contributed by atoms with Gasteiger partial charge in [-0.3, -0.25) is 0 Å². The third kappa shape index (κ3) is 1.67. The first-order valence-corrected chi connectivity index (χ1v) is 3.63. The first-order chi connectivity index (χ1) is 3.93. The first kappa shape index (κ1) is 6.43. The van der Waals surface area contributed by atoms with Gasteiger partial charge in [-0.15, -0.1) is 0 Å².